The lowest BCUT2D eigenvalue weighted by molar-refractivity contribution is 0.116. The maximum atomic E-state index is 9.50. The summed E-state index contributed by atoms with van der Waals surface area (Å²) in [7, 11) is -4.44. The third-order valence-electron chi connectivity index (χ3n) is 1.78. The van der Waals surface area contributed by atoms with Gasteiger partial charge in [0.25, 0.3) is 0 Å². The molecule has 1 heterocycles. The molecular formula is C10H26O5Si2. The molecule has 0 aliphatic carbocycles. The van der Waals surface area contributed by atoms with Crippen LogP contribution in [0, 0.1) is 0 Å². The molecule has 104 valence electrons. The standard InChI is InChI=1S/C8H18O3Si.C2H8O2Si/c1-12(2,9)5-3-4-10-6-8-7-11-8;1-5(2,3)4/h8-9H,3-7H2,1-2H3;3-4H,1-2H3. The normalized spacial score (nSPS) is 19.6. The highest BCUT2D eigenvalue weighted by Crippen LogP contribution is 2.10. The van der Waals surface area contributed by atoms with Crippen LogP contribution in [-0.2, 0) is 9.47 Å². The van der Waals surface area contributed by atoms with Crippen LogP contribution in [0.3, 0.4) is 0 Å². The largest absolute Gasteiger partial charge is 0.432 e. The van der Waals surface area contributed by atoms with E-state index in [-0.39, 0.29) is 0 Å². The van der Waals surface area contributed by atoms with Gasteiger partial charge in [-0.05, 0) is 38.7 Å². The Labute approximate surface area is 106 Å². The van der Waals surface area contributed by atoms with Crippen molar-refractivity contribution in [2.45, 2.75) is 44.8 Å². The fourth-order valence-electron chi connectivity index (χ4n) is 0.986. The molecule has 0 aromatic heterocycles. The maximum absolute atomic E-state index is 9.50. The van der Waals surface area contributed by atoms with Gasteiger partial charge in [-0.2, -0.15) is 0 Å². The molecule has 1 aliphatic heterocycles. The van der Waals surface area contributed by atoms with Gasteiger partial charge < -0.3 is 23.9 Å². The average molecular weight is 282 g/mol. The summed E-state index contributed by atoms with van der Waals surface area (Å²) in [6.45, 7) is 9.14. The lowest BCUT2D eigenvalue weighted by Crippen LogP contribution is -2.24. The monoisotopic (exact) mass is 282 g/mol. The number of epoxide rings is 1. The summed E-state index contributed by atoms with van der Waals surface area (Å²) in [5.74, 6) is 0. The third-order valence-corrected chi connectivity index (χ3v) is 3.36. The molecule has 3 N–H and O–H groups in total. The van der Waals surface area contributed by atoms with Crippen LogP contribution in [0.4, 0.5) is 0 Å². The Morgan fingerprint density at radius 3 is 2.00 bits per heavy atom. The molecule has 1 rings (SSSR count). The van der Waals surface area contributed by atoms with Crippen molar-refractivity contribution in [2.75, 3.05) is 19.8 Å². The number of hydrogen-bond acceptors (Lipinski definition) is 5. The molecule has 1 saturated heterocycles. The Balaban J connectivity index is 0.000000437. The van der Waals surface area contributed by atoms with E-state index >= 15 is 0 Å². The van der Waals surface area contributed by atoms with E-state index in [4.69, 9.17) is 19.1 Å². The first-order valence-corrected chi connectivity index (χ1v) is 12.0. The lowest BCUT2D eigenvalue weighted by atomic mass is 10.5. The quantitative estimate of drug-likeness (QED) is 0.379. The van der Waals surface area contributed by atoms with Crippen LogP contribution in [-0.4, -0.2) is 57.2 Å². The molecule has 17 heavy (non-hydrogen) atoms. The van der Waals surface area contributed by atoms with Crippen LogP contribution < -0.4 is 0 Å². The van der Waals surface area contributed by atoms with Gasteiger partial charge in [0.15, 0.2) is 8.32 Å². The molecule has 5 nitrogen and oxygen atoms in total. The molecule has 1 fully saturated rings. The van der Waals surface area contributed by atoms with Crippen LogP contribution in [0.25, 0.3) is 0 Å². The molecule has 0 aromatic carbocycles. The smallest absolute Gasteiger partial charge is 0.326 e. The van der Waals surface area contributed by atoms with Gasteiger partial charge in [-0.1, -0.05) is 0 Å². The highest BCUT2D eigenvalue weighted by Gasteiger charge is 2.22. The molecule has 0 amide bonds. The Bertz CT molecular complexity index is 190. The second kappa shape index (κ2) is 7.62. The van der Waals surface area contributed by atoms with Crippen molar-refractivity contribution in [1.29, 1.82) is 0 Å². The first-order valence-electron chi connectivity index (χ1n) is 5.94. The summed E-state index contributed by atoms with van der Waals surface area (Å²) in [5.41, 5.74) is 0. The maximum Gasteiger partial charge on any atom is 0.326 e. The molecule has 0 saturated carbocycles. The minimum absolute atomic E-state index is 0.365. The van der Waals surface area contributed by atoms with Crippen molar-refractivity contribution in [3.63, 3.8) is 0 Å². The summed E-state index contributed by atoms with van der Waals surface area (Å²) >= 11 is 0. The molecule has 1 aliphatic rings. The minimum atomic E-state index is -2.61. The topological polar surface area (TPSA) is 82.5 Å². The van der Waals surface area contributed by atoms with E-state index in [1.54, 1.807) is 0 Å². The van der Waals surface area contributed by atoms with E-state index in [0.717, 1.165) is 32.3 Å². The second-order valence-electron chi connectivity index (χ2n) is 5.44. The van der Waals surface area contributed by atoms with E-state index in [1.165, 1.54) is 13.1 Å². The van der Waals surface area contributed by atoms with Gasteiger partial charge in [-0.3, -0.25) is 0 Å². The summed E-state index contributed by atoms with van der Waals surface area (Å²) < 4.78 is 10.3. The number of hydrogen-bond donors (Lipinski definition) is 3. The van der Waals surface area contributed by atoms with Crippen LogP contribution in [0.5, 0.6) is 0 Å². The fourth-order valence-corrected chi connectivity index (χ4v) is 2.00. The van der Waals surface area contributed by atoms with Crippen molar-refractivity contribution < 1.29 is 23.9 Å². The Hall–Kier alpha value is 0.234. The molecular weight excluding hydrogens is 256 g/mol. The molecule has 7 heteroatoms. The predicted octanol–water partition coefficient (Wildman–Crippen LogP) is 0.662. The van der Waals surface area contributed by atoms with Crippen LogP contribution in [0.1, 0.15) is 6.42 Å². The van der Waals surface area contributed by atoms with E-state index in [9.17, 15) is 4.80 Å². The zero-order chi connectivity index (χ0) is 13.5. The zero-order valence-electron chi connectivity index (χ0n) is 11.3. The summed E-state index contributed by atoms with van der Waals surface area (Å²) in [5, 5.41) is 0. The Kier molecular flexibility index (Phi) is 7.73. The van der Waals surface area contributed by atoms with Crippen molar-refractivity contribution in [3.05, 3.63) is 0 Å². The van der Waals surface area contributed by atoms with Crippen LogP contribution in [0.2, 0.25) is 32.2 Å². The van der Waals surface area contributed by atoms with Crippen molar-refractivity contribution in [3.8, 4) is 0 Å². The summed E-state index contributed by atoms with van der Waals surface area (Å²) in [6.07, 6.45) is 1.34. The molecule has 0 aromatic rings. The predicted molar refractivity (Wildman–Crippen MR) is 71.6 cm³/mol. The Morgan fingerprint density at radius 1 is 1.18 bits per heavy atom. The second-order valence-corrected chi connectivity index (χ2v) is 12.6. The average Bonchev–Trinajstić information content (AvgIpc) is 2.81. The van der Waals surface area contributed by atoms with Gasteiger partial charge in [-0.15, -0.1) is 0 Å². The van der Waals surface area contributed by atoms with Gasteiger partial charge >= 0.3 is 8.56 Å². The molecule has 0 spiro atoms. The third kappa shape index (κ3) is 22.0. The molecule has 0 radical (unpaired) electrons. The highest BCUT2D eigenvalue weighted by molar-refractivity contribution is 6.69. The van der Waals surface area contributed by atoms with Gasteiger partial charge in [-0.25, -0.2) is 0 Å². The highest BCUT2D eigenvalue weighted by atomic mass is 28.4. The van der Waals surface area contributed by atoms with Gasteiger partial charge in [0, 0.05) is 6.61 Å². The van der Waals surface area contributed by atoms with E-state index in [2.05, 4.69) is 0 Å². The molecule has 1 atom stereocenters. The fraction of sp³-hybridized carbons (Fsp3) is 1.00. The lowest BCUT2D eigenvalue weighted by Gasteiger charge is -2.12. The van der Waals surface area contributed by atoms with Crippen LogP contribution in [0.15, 0.2) is 0 Å². The summed E-state index contributed by atoms with van der Waals surface area (Å²) in [6, 6.07) is 0.929. The Morgan fingerprint density at radius 2 is 1.65 bits per heavy atom. The van der Waals surface area contributed by atoms with E-state index in [1.807, 2.05) is 13.1 Å². The van der Waals surface area contributed by atoms with Gasteiger partial charge in [0.05, 0.1) is 13.2 Å². The molecule has 0 bridgehead atoms. The van der Waals surface area contributed by atoms with Crippen molar-refractivity contribution >= 4 is 16.9 Å². The number of rotatable bonds is 6. The number of ether oxygens (including phenoxy) is 2. The zero-order valence-corrected chi connectivity index (χ0v) is 13.3. The van der Waals surface area contributed by atoms with E-state index < -0.39 is 16.9 Å². The SMILES string of the molecule is C[Si](C)(O)CCCOCC1CO1.C[Si](C)(O)O. The summed E-state index contributed by atoms with van der Waals surface area (Å²) in [4.78, 5) is 25.9. The van der Waals surface area contributed by atoms with E-state index in [0.29, 0.717) is 6.10 Å². The van der Waals surface area contributed by atoms with Crippen LogP contribution >= 0.6 is 0 Å². The minimum Gasteiger partial charge on any atom is -0.432 e. The molecule has 1 unspecified atom stereocenters. The first-order chi connectivity index (χ1) is 7.58. The van der Waals surface area contributed by atoms with Crippen molar-refractivity contribution in [1.82, 2.24) is 0 Å². The van der Waals surface area contributed by atoms with Gasteiger partial charge in [0.1, 0.15) is 6.10 Å². The van der Waals surface area contributed by atoms with Crippen molar-refractivity contribution in [2.24, 2.45) is 0 Å². The van der Waals surface area contributed by atoms with Gasteiger partial charge in [0.2, 0.25) is 0 Å². The first kappa shape index (κ1) is 17.2.